The lowest BCUT2D eigenvalue weighted by molar-refractivity contribution is -0.192. The molecule has 0 unspecified atom stereocenters. The highest BCUT2D eigenvalue weighted by molar-refractivity contribution is 5.81. The molecule has 0 aliphatic heterocycles. The standard InChI is InChI=1S/C8H15F3N2O2/c1-7(2,3)5(12)6(14)13-15-4-8(9,10)11/h5H,4,12H2,1-3H3,(H,13,14)/t5-/m1/s1. The number of carbonyl (C=O) groups excluding carboxylic acids is 1. The first-order valence-corrected chi connectivity index (χ1v) is 4.28. The third-order valence-corrected chi connectivity index (χ3v) is 1.62. The molecule has 0 spiro atoms. The molecule has 3 N–H and O–H groups in total. The molecule has 0 saturated heterocycles. The first-order chi connectivity index (χ1) is 6.54. The zero-order chi connectivity index (χ0) is 12.3. The topological polar surface area (TPSA) is 64.4 Å². The monoisotopic (exact) mass is 228 g/mol. The smallest absolute Gasteiger partial charge is 0.319 e. The van der Waals surface area contributed by atoms with E-state index in [1.807, 2.05) is 0 Å². The van der Waals surface area contributed by atoms with E-state index in [1.165, 1.54) is 0 Å². The van der Waals surface area contributed by atoms with Crippen LogP contribution in [0.4, 0.5) is 13.2 Å². The van der Waals surface area contributed by atoms with Gasteiger partial charge in [0.15, 0.2) is 6.61 Å². The number of hydrogen-bond acceptors (Lipinski definition) is 3. The molecule has 0 saturated carbocycles. The fourth-order valence-corrected chi connectivity index (χ4v) is 0.646. The summed E-state index contributed by atoms with van der Waals surface area (Å²) in [5.41, 5.74) is 6.60. The van der Waals surface area contributed by atoms with Crippen LogP contribution in [0, 0.1) is 5.41 Å². The van der Waals surface area contributed by atoms with Crippen molar-refractivity contribution in [1.29, 1.82) is 0 Å². The predicted molar refractivity (Wildman–Crippen MR) is 47.6 cm³/mol. The van der Waals surface area contributed by atoms with Gasteiger partial charge in [-0.25, -0.2) is 5.48 Å². The number of rotatable bonds is 3. The highest BCUT2D eigenvalue weighted by atomic mass is 19.4. The maximum absolute atomic E-state index is 11.6. The predicted octanol–water partition coefficient (Wildman–Crippen LogP) is 0.970. The molecule has 0 aromatic rings. The zero-order valence-electron chi connectivity index (χ0n) is 8.81. The first-order valence-electron chi connectivity index (χ1n) is 4.28. The van der Waals surface area contributed by atoms with Crippen molar-refractivity contribution in [3.05, 3.63) is 0 Å². The van der Waals surface area contributed by atoms with Gasteiger partial charge in [0.05, 0.1) is 6.04 Å². The molecular weight excluding hydrogens is 213 g/mol. The fraction of sp³-hybridized carbons (Fsp3) is 0.875. The Morgan fingerprint density at radius 1 is 1.40 bits per heavy atom. The van der Waals surface area contributed by atoms with Crippen LogP contribution < -0.4 is 11.2 Å². The average molecular weight is 228 g/mol. The van der Waals surface area contributed by atoms with E-state index in [1.54, 1.807) is 26.3 Å². The third-order valence-electron chi connectivity index (χ3n) is 1.62. The molecule has 0 bridgehead atoms. The summed E-state index contributed by atoms with van der Waals surface area (Å²) in [5, 5.41) is 0. The maximum Gasteiger partial charge on any atom is 0.414 e. The highest BCUT2D eigenvalue weighted by Crippen LogP contribution is 2.17. The van der Waals surface area contributed by atoms with Gasteiger partial charge in [0.1, 0.15) is 0 Å². The van der Waals surface area contributed by atoms with E-state index in [4.69, 9.17) is 5.73 Å². The fourth-order valence-electron chi connectivity index (χ4n) is 0.646. The molecule has 0 heterocycles. The zero-order valence-corrected chi connectivity index (χ0v) is 8.81. The number of nitrogens with two attached hydrogens (primary N) is 1. The van der Waals surface area contributed by atoms with Gasteiger partial charge in [-0.15, -0.1) is 0 Å². The number of hydrogen-bond donors (Lipinski definition) is 2. The van der Waals surface area contributed by atoms with E-state index in [-0.39, 0.29) is 0 Å². The maximum atomic E-state index is 11.6. The highest BCUT2D eigenvalue weighted by Gasteiger charge is 2.31. The van der Waals surface area contributed by atoms with Crippen LogP contribution in [-0.4, -0.2) is 24.7 Å². The lowest BCUT2D eigenvalue weighted by Gasteiger charge is -2.25. The minimum absolute atomic E-state index is 0.536. The number of hydroxylamine groups is 1. The van der Waals surface area contributed by atoms with Gasteiger partial charge in [-0.2, -0.15) is 13.2 Å². The molecule has 15 heavy (non-hydrogen) atoms. The van der Waals surface area contributed by atoms with Crippen molar-refractivity contribution in [2.24, 2.45) is 11.1 Å². The van der Waals surface area contributed by atoms with Gasteiger partial charge in [0, 0.05) is 0 Å². The van der Waals surface area contributed by atoms with Crippen LogP contribution >= 0.6 is 0 Å². The van der Waals surface area contributed by atoms with Crippen LogP contribution in [0.3, 0.4) is 0 Å². The van der Waals surface area contributed by atoms with Crippen molar-refractivity contribution in [1.82, 2.24) is 5.48 Å². The number of amides is 1. The van der Waals surface area contributed by atoms with Crippen molar-refractivity contribution < 1.29 is 22.8 Å². The second-order valence-corrected chi connectivity index (χ2v) is 4.21. The summed E-state index contributed by atoms with van der Waals surface area (Å²) in [6.07, 6.45) is -4.47. The Balaban J connectivity index is 3.96. The molecule has 0 aromatic carbocycles. The Hall–Kier alpha value is -0.820. The van der Waals surface area contributed by atoms with E-state index >= 15 is 0 Å². The number of alkyl halides is 3. The van der Waals surface area contributed by atoms with Gasteiger partial charge in [-0.1, -0.05) is 20.8 Å². The van der Waals surface area contributed by atoms with Gasteiger partial charge in [-0.05, 0) is 5.41 Å². The lowest BCUT2D eigenvalue weighted by atomic mass is 9.87. The number of nitrogens with one attached hydrogen (secondary N) is 1. The van der Waals surface area contributed by atoms with Crippen molar-refractivity contribution in [2.75, 3.05) is 6.61 Å². The van der Waals surface area contributed by atoms with Gasteiger partial charge in [-0.3, -0.25) is 9.63 Å². The van der Waals surface area contributed by atoms with Crippen LogP contribution in [-0.2, 0) is 9.63 Å². The molecular formula is C8H15F3N2O2. The van der Waals surface area contributed by atoms with Gasteiger partial charge >= 0.3 is 6.18 Å². The summed E-state index contributed by atoms with van der Waals surface area (Å²) in [5.74, 6) is -0.772. The van der Waals surface area contributed by atoms with Crippen molar-refractivity contribution in [3.63, 3.8) is 0 Å². The summed E-state index contributed by atoms with van der Waals surface area (Å²) in [7, 11) is 0. The Morgan fingerprint density at radius 2 is 1.87 bits per heavy atom. The summed E-state index contributed by atoms with van der Waals surface area (Å²) in [4.78, 5) is 15.1. The van der Waals surface area contributed by atoms with Gasteiger partial charge in [0.25, 0.3) is 5.91 Å². The molecule has 4 nitrogen and oxygen atoms in total. The molecule has 0 fully saturated rings. The lowest BCUT2D eigenvalue weighted by Crippen LogP contribution is -2.49. The van der Waals surface area contributed by atoms with Crippen LogP contribution in [0.15, 0.2) is 0 Å². The van der Waals surface area contributed by atoms with E-state index in [0.717, 1.165) is 0 Å². The van der Waals surface area contributed by atoms with Crippen LogP contribution in [0.5, 0.6) is 0 Å². The Morgan fingerprint density at radius 3 is 2.20 bits per heavy atom. The van der Waals surface area contributed by atoms with E-state index in [9.17, 15) is 18.0 Å². The molecule has 7 heteroatoms. The van der Waals surface area contributed by atoms with E-state index in [0.29, 0.717) is 0 Å². The first kappa shape index (κ1) is 14.2. The molecule has 1 amide bonds. The molecule has 0 aliphatic carbocycles. The van der Waals surface area contributed by atoms with Crippen LogP contribution in [0.2, 0.25) is 0 Å². The Kier molecular flexibility index (Phi) is 4.54. The van der Waals surface area contributed by atoms with E-state index < -0.39 is 30.1 Å². The minimum Gasteiger partial charge on any atom is -0.319 e. The van der Waals surface area contributed by atoms with Crippen molar-refractivity contribution in [2.45, 2.75) is 33.0 Å². The normalized spacial score (nSPS) is 14.9. The summed E-state index contributed by atoms with van der Waals surface area (Å²) >= 11 is 0. The molecule has 0 aliphatic rings. The summed E-state index contributed by atoms with van der Waals surface area (Å²) < 4.78 is 34.9. The van der Waals surface area contributed by atoms with Gasteiger partial charge < -0.3 is 5.73 Å². The summed E-state index contributed by atoms with van der Waals surface area (Å²) in [6.45, 7) is 3.55. The second kappa shape index (κ2) is 4.80. The van der Waals surface area contributed by atoms with Crippen molar-refractivity contribution >= 4 is 5.91 Å². The molecule has 0 radical (unpaired) electrons. The minimum atomic E-state index is -4.47. The molecule has 0 aromatic heterocycles. The SMILES string of the molecule is CC(C)(C)[C@H](N)C(=O)NOCC(F)(F)F. The average Bonchev–Trinajstić information content (AvgIpc) is 1.98. The van der Waals surface area contributed by atoms with Crippen LogP contribution in [0.25, 0.3) is 0 Å². The number of halogens is 3. The Labute approximate surface area is 85.9 Å². The Bertz CT molecular complexity index is 223. The van der Waals surface area contributed by atoms with Gasteiger partial charge in [0.2, 0.25) is 0 Å². The molecule has 1 atom stereocenters. The van der Waals surface area contributed by atoms with Crippen LogP contribution in [0.1, 0.15) is 20.8 Å². The molecule has 0 rings (SSSR count). The second-order valence-electron chi connectivity index (χ2n) is 4.21. The summed E-state index contributed by atoms with van der Waals surface area (Å²) in [6, 6.07) is -0.925. The van der Waals surface area contributed by atoms with Crippen molar-refractivity contribution in [3.8, 4) is 0 Å². The third kappa shape index (κ3) is 6.29. The number of carbonyl (C=O) groups is 1. The van der Waals surface area contributed by atoms with E-state index in [2.05, 4.69) is 4.84 Å². The largest absolute Gasteiger partial charge is 0.414 e. The molecule has 90 valence electrons. The quantitative estimate of drug-likeness (QED) is 0.707.